The van der Waals surface area contributed by atoms with Crippen LogP contribution in [0.5, 0.6) is 5.75 Å². The van der Waals surface area contributed by atoms with Crippen molar-refractivity contribution in [3.63, 3.8) is 0 Å². The molecule has 0 atom stereocenters. The summed E-state index contributed by atoms with van der Waals surface area (Å²) < 4.78 is 4.90. The third-order valence-electron chi connectivity index (χ3n) is 1.87. The van der Waals surface area contributed by atoms with E-state index < -0.39 is 5.97 Å². The van der Waals surface area contributed by atoms with Crippen LogP contribution in [0.4, 0.5) is 0 Å². The Hall–Kier alpha value is -2.23. The molecule has 0 aliphatic carbocycles. The molecule has 82 valence electrons. The normalized spacial score (nSPS) is 9.31. The van der Waals surface area contributed by atoms with E-state index in [4.69, 9.17) is 4.74 Å². The van der Waals surface area contributed by atoms with Gasteiger partial charge >= 0.3 is 5.97 Å². The van der Waals surface area contributed by atoms with Crippen molar-refractivity contribution in [1.82, 2.24) is 0 Å². The van der Waals surface area contributed by atoms with Crippen LogP contribution in [0.25, 0.3) is 0 Å². The summed E-state index contributed by atoms with van der Waals surface area (Å²) in [4.78, 5) is 32.4. The molecule has 1 aromatic carbocycles. The first-order valence-electron chi connectivity index (χ1n) is 4.50. The molecule has 0 aliphatic heterocycles. The van der Waals surface area contributed by atoms with Gasteiger partial charge in [-0.3, -0.25) is 9.59 Å². The Labute approximate surface area is 92.5 Å². The van der Waals surface area contributed by atoms with Gasteiger partial charge in [-0.25, -0.2) is 4.79 Å². The van der Waals surface area contributed by atoms with Crippen LogP contribution in [0.15, 0.2) is 30.4 Å². The minimum atomic E-state index is -0.573. The third-order valence-corrected chi connectivity index (χ3v) is 1.87. The summed E-state index contributed by atoms with van der Waals surface area (Å²) in [6.45, 7) is 4.94. The van der Waals surface area contributed by atoms with Crippen molar-refractivity contribution in [1.29, 1.82) is 0 Å². The molecule has 0 aliphatic rings. The molecule has 16 heavy (non-hydrogen) atoms. The molecular formula is C12H10O4. The van der Waals surface area contributed by atoms with Gasteiger partial charge in [0.15, 0.2) is 12.6 Å². The fourth-order valence-corrected chi connectivity index (χ4v) is 1.02. The molecule has 4 nitrogen and oxygen atoms in total. The molecule has 0 spiro atoms. The van der Waals surface area contributed by atoms with Crippen LogP contribution >= 0.6 is 0 Å². The summed E-state index contributed by atoms with van der Waals surface area (Å²) in [5.74, 6) is -0.364. The van der Waals surface area contributed by atoms with E-state index in [2.05, 4.69) is 6.58 Å². The highest BCUT2D eigenvalue weighted by atomic mass is 16.5. The Kier molecular flexibility index (Phi) is 3.72. The van der Waals surface area contributed by atoms with Gasteiger partial charge in [0.2, 0.25) is 0 Å². The molecule has 0 bridgehead atoms. The molecule has 1 rings (SSSR count). The number of rotatable bonds is 4. The van der Waals surface area contributed by atoms with Gasteiger partial charge in [0.1, 0.15) is 5.75 Å². The first kappa shape index (κ1) is 11.8. The number of carbonyl (C=O) groups excluding carboxylic acids is 3. The van der Waals surface area contributed by atoms with Crippen molar-refractivity contribution >= 4 is 18.5 Å². The first-order valence-corrected chi connectivity index (χ1v) is 4.50. The van der Waals surface area contributed by atoms with E-state index in [1.165, 1.54) is 25.1 Å². The molecule has 1 aromatic rings. The Morgan fingerprint density at radius 3 is 2.38 bits per heavy atom. The lowest BCUT2D eigenvalue weighted by Crippen LogP contribution is -2.08. The Balaban J connectivity index is 2.99. The van der Waals surface area contributed by atoms with E-state index in [1.54, 1.807) is 0 Å². The maximum absolute atomic E-state index is 11.2. The van der Waals surface area contributed by atoms with Gasteiger partial charge in [-0.2, -0.15) is 0 Å². The predicted molar refractivity (Wildman–Crippen MR) is 57.7 cm³/mol. The van der Waals surface area contributed by atoms with E-state index in [9.17, 15) is 14.4 Å². The molecular weight excluding hydrogens is 208 g/mol. The fraction of sp³-hybridized carbons (Fsp3) is 0.0833. The minimum Gasteiger partial charge on any atom is -0.423 e. The number of ether oxygens (including phenoxy) is 1. The lowest BCUT2D eigenvalue weighted by molar-refractivity contribution is -0.130. The fourth-order valence-electron chi connectivity index (χ4n) is 1.02. The molecule has 0 radical (unpaired) electrons. The zero-order chi connectivity index (χ0) is 12.1. The Morgan fingerprint density at radius 2 is 1.88 bits per heavy atom. The highest BCUT2D eigenvalue weighted by molar-refractivity contribution is 5.92. The summed E-state index contributed by atoms with van der Waals surface area (Å²) in [6, 6.07) is 4.19. The largest absolute Gasteiger partial charge is 0.423 e. The van der Waals surface area contributed by atoms with Crippen molar-refractivity contribution in [2.24, 2.45) is 0 Å². The van der Waals surface area contributed by atoms with E-state index >= 15 is 0 Å². The molecule has 0 saturated heterocycles. The molecule has 0 N–H and O–H groups in total. The van der Waals surface area contributed by atoms with Crippen LogP contribution in [-0.2, 0) is 4.79 Å². The zero-order valence-electron chi connectivity index (χ0n) is 8.73. The van der Waals surface area contributed by atoms with Gasteiger partial charge in [-0.05, 0) is 25.1 Å². The number of benzene rings is 1. The van der Waals surface area contributed by atoms with Gasteiger partial charge in [-0.1, -0.05) is 6.58 Å². The maximum atomic E-state index is 11.2. The maximum Gasteiger partial charge on any atom is 0.338 e. The smallest absolute Gasteiger partial charge is 0.338 e. The number of esters is 1. The average molecular weight is 218 g/mol. The summed E-state index contributed by atoms with van der Waals surface area (Å²) in [6.07, 6.45) is 1.09. The standard InChI is InChI=1S/C12H10O4/c1-8(2)12(15)16-11-4-3-9(6-13)10(5-11)7-14/h3-7H,1H2,2H3. The monoisotopic (exact) mass is 218 g/mol. The molecule has 4 heteroatoms. The van der Waals surface area contributed by atoms with E-state index in [0.717, 1.165) is 0 Å². The average Bonchev–Trinajstić information content (AvgIpc) is 2.28. The van der Waals surface area contributed by atoms with Gasteiger partial charge in [-0.15, -0.1) is 0 Å². The van der Waals surface area contributed by atoms with Crippen molar-refractivity contribution in [2.75, 3.05) is 0 Å². The van der Waals surface area contributed by atoms with Crippen molar-refractivity contribution in [3.05, 3.63) is 41.5 Å². The van der Waals surface area contributed by atoms with Crippen LogP contribution in [0.3, 0.4) is 0 Å². The second kappa shape index (κ2) is 5.02. The molecule has 0 amide bonds. The lowest BCUT2D eigenvalue weighted by atomic mass is 10.1. The predicted octanol–water partition coefficient (Wildman–Crippen LogP) is 1.79. The quantitative estimate of drug-likeness (QED) is 0.334. The number of carbonyl (C=O) groups is 3. The molecule has 0 fully saturated rings. The van der Waals surface area contributed by atoms with Crippen molar-refractivity contribution in [3.8, 4) is 5.75 Å². The Bertz CT molecular complexity index is 460. The highest BCUT2D eigenvalue weighted by Gasteiger charge is 2.08. The molecule has 0 saturated carbocycles. The number of hydrogen-bond donors (Lipinski definition) is 0. The van der Waals surface area contributed by atoms with Crippen LogP contribution < -0.4 is 4.74 Å². The van der Waals surface area contributed by atoms with Crippen molar-refractivity contribution < 1.29 is 19.1 Å². The zero-order valence-corrected chi connectivity index (χ0v) is 8.73. The molecule has 0 unspecified atom stereocenters. The number of aldehydes is 2. The topological polar surface area (TPSA) is 60.4 Å². The first-order chi connectivity index (χ1) is 7.58. The number of hydrogen-bond acceptors (Lipinski definition) is 4. The molecule has 0 heterocycles. The van der Waals surface area contributed by atoms with E-state index in [0.29, 0.717) is 12.6 Å². The summed E-state index contributed by atoms with van der Waals surface area (Å²) in [5.41, 5.74) is 0.694. The summed E-state index contributed by atoms with van der Waals surface area (Å²) in [5, 5.41) is 0. The highest BCUT2D eigenvalue weighted by Crippen LogP contribution is 2.16. The van der Waals surface area contributed by atoms with Gasteiger partial charge in [0.05, 0.1) is 0 Å². The summed E-state index contributed by atoms with van der Waals surface area (Å²) >= 11 is 0. The van der Waals surface area contributed by atoms with Crippen LogP contribution in [-0.4, -0.2) is 18.5 Å². The van der Waals surface area contributed by atoms with Gasteiger partial charge < -0.3 is 4.74 Å². The SMILES string of the molecule is C=C(C)C(=O)Oc1ccc(C=O)c(C=O)c1. The molecule has 0 aromatic heterocycles. The van der Waals surface area contributed by atoms with Gasteiger partial charge in [0.25, 0.3) is 0 Å². The summed E-state index contributed by atoms with van der Waals surface area (Å²) in [7, 11) is 0. The lowest BCUT2D eigenvalue weighted by Gasteiger charge is -2.05. The van der Waals surface area contributed by atoms with Crippen LogP contribution in [0.2, 0.25) is 0 Å². The van der Waals surface area contributed by atoms with Crippen LogP contribution in [0.1, 0.15) is 27.6 Å². The second-order valence-corrected chi connectivity index (χ2v) is 3.20. The second-order valence-electron chi connectivity index (χ2n) is 3.20. The van der Waals surface area contributed by atoms with Gasteiger partial charge in [0, 0.05) is 16.7 Å². The minimum absolute atomic E-state index is 0.182. The van der Waals surface area contributed by atoms with E-state index in [-0.39, 0.29) is 22.4 Å². The van der Waals surface area contributed by atoms with Crippen LogP contribution in [0, 0.1) is 0 Å². The Morgan fingerprint density at radius 1 is 1.25 bits per heavy atom. The van der Waals surface area contributed by atoms with E-state index in [1.807, 2.05) is 0 Å². The third kappa shape index (κ3) is 2.63. The van der Waals surface area contributed by atoms with Crippen molar-refractivity contribution in [2.45, 2.75) is 6.92 Å².